The van der Waals surface area contributed by atoms with Crippen LogP contribution in [0.15, 0.2) is 6.07 Å². The maximum atomic E-state index is 12.5. The highest BCUT2D eigenvalue weighted by Crippen LogP contribution is 2.25. The molecule has 1 N–H and O–H groups in total. The summed E-state index contributed by atoms with van der Waals surface area (Å²) in [7, 11) is 0. The van der Waals surface area contributed by atoms with Gasteiger partial charge in [0.05, 0.1) is 12.1 Å². The van der Waals surface area contributed by atoms with Crippen LogP contribution in [-0.2, 0) is 17.1 Å². The van der Waals surface area contributed by atoms with Crippen LogP contribution < -0.4 is 0 Å². The van der Waals surface area contributed by atoms with Gasteiger partial charge in [-0.15, -0.1) is 11.6 Å². The molecule has 0 aromatic carbocycles. The van der Waals surface area contributed by atoms with E-state index in [1.54, 1.807) is 22.6 Å². The minimum Gasteiger partial charge on any atom is -0.481 e. The summed E-state index contributed by atoms with van der Waals surface area (Å²) < 4.78 is 25.4. The molecule has 0 fully saturated rings. The molecule has 0 atom stereocenters. The number of aromatic nitrogens is 1. The number of hydrogen-bond acceptors (Lipinski definition) is 2. The molecular weight excluding hydrogens is 354 g/mol. The summed E-state index contributed by atoms with van der Waals surface area (Å²) >= 11 is 7.32. The first kappa shape index (κ1) is 13.6. The first-order valence-electron chi connectivity index (χ1n) is 4.19. The number of nitrogens with zero attached hydrogens (tertiary/aromatic N) is 1. The lowest BCUT2D eigenvalue weighted by molar-refractivity contribution is -0.136. The Hall–Kier alpha value is -0.500. The molecule has 1 aromatic rings. The molecule has 7 heteroatoms. The van der Waals surface area contributed by atoms with E-state index in [2.05, 4.69) is 4.98 Å². The normalized spacial score (nSPS) is 10.8. The van der Waals surface area contributed by atoms with Gasteiger partial charge in [-0.3, -0.25) is 4.79 Å². The molecule has 0 aliphatic heterocycles. The highest BCUT2D eigenvalue weighted by molar-refractivity contribution is 14.1. The molecule has 0 unspecified atom stereocenters. The van der Waals surface area contributed by atoms with Gasteiger partial charge in [-0.25, -0.2) is 13.8 Å². The van der Waals surface area contributed by atoms with Crippen LogP contribution in [0, 0.1) is 3.57 Å². The Morgan fingerprint density at radius 3 is 2.69 bits per heavy atom. The van der Waals surface area contributed by atoms with Crippen molar-refractivity contribution in [3.8, 4) is 0 Å². The fourth-order valence-corrected chi connectivity index (χ4v) is 2.11. The van der Waals surface area contributed by atoms with E-state index >= 15 is 0 Å². The number of pyridine rings is 1. The summed E-state index contributed by atoms with van der Waals surface area (Å²) in [5.41, 5.74) is 0.168. The van der Waals surface area contributed by atoms with Crippen LogP contribution in [0.1, 0.15) is 23.4 Å². The second kappa shape index (κ2) is 5.72. The standard InChI is InChI=1S/C9H7ClF2INO2/c10-3-4-1-5(13)8(9(11)12)14-6(4)2-7(15)16/h1,9H,2-3H2,(H,15,16). The molecule has 0 spiro atoms. The summed E-state index contributed by atoms with van der Waals surface area (Å²) in [5, 5.41) is 8.61. The van der Waals surface area contributed by atoms with Crippen molar-refractivity contribution >= 4 is 40.2 Å². The van der Waals surface area contributed by atoms with Crippen LogP contribution in [0.4, 0.5) is 8.78 Å². The van der Waals surface area contributed by atoms with Gasteiger partial charge in [-0.2, -0.15) is 0 Å². The van der Waals surface area contributed by atoms with Gasteiger partial charge in [-0.1, -0.05) is 0 Å². The van der Waals surface area contributed by atoms with Gasteiger partial charge in [0.1, 0.15) is 5.69 Å². The molecule has 88 valence electrons. The van der Waals surface area contributed by atoms with Crippen molar-refractivity contribution in [1.29, 1.82) is 0 Å². The van der Waals surface area contributed by atoms with Crippen molar-refractivity contribution < 1.29 is 18.7 Å². The van der Waals surface area contributed by atoms with Crippen LogP contribution in [-0.4, -0.2) is 16.1 Å². The fourth-order valence-electron chi connectivity index (χ4n) is 1.15. The Morgan fingerprint density at radius 1 is 1.62 bits per heavy atom. The molecule has 16 heavy (non-hydrogen) atoms. The van der Waals surface area contributed by atoms with Crippen molar-refractivity contribution in [3.63, 3.8) is 0 Å². The third-order valence-electron chi connectivity index (χ3n) is 1.84. The van der Waals surface area contributed by atoms with Gasteiger partial charge in [0.25, 0.3) is 6.43 Å². The summed E-state index contributed by atoms with van der Waals surface area (Å²) in [6, 6.07) is 1.44. The monoisotopic (exact) mass is 361 g/mol. The third-order valence-corrected chi connectivity index (χ3v) is 2.99. The first-order chi connectivity index (χ1) is 7.45. The number of alkyl halides is 3. The molecule has 0 aliphatic rings. The highest BCUT2D eigenvalue weighted by atomic mass is 127. The maximum Gasteiger partial charge on any atom is 0.309 e. The summed E-state index contributed by atoms with van der Waals surface area (Å²) in [5.74, 6) is -1.07. The molecule has 3 nitrogen and oxygen atoms in total. The smallest absolute Gasteiger partial charge is 0.309 e. The van der Waals surface area contributed by atoms with Gasteiger partial charge in [0, 0.05) is 9.45 Å². The average molecular weight is 362 g/mol. The molecule has 0 bridgehead atoms. The zero-order chi connectivity index (χ0) is 12.3. The molecule has 1 aromatic heterocycles. The van der Waals surface area contributed by atoms with Crippen molar-refractivity contribution in [3.05, 3.63) is 26.6 Å². The average Bonchev–Trinajstić information content (AvgIpc) is 2.18. The van der Waals surface area contributed by atoms with E-state index in [-0.39, 0.29) is 15.1 Å². The fraction of sp³-hybridized carbons (Fsp3) is 0.333. The van der Waals surface area contributed by atoms with Gasteiger partial charge in [0.2, 0.25) is 0 Å². The SMILES string of the molecule is O=C(O)Cc1nc(C(F)F)c(I)cc1CCl. The second-order valence-corrected chi connectivity index (χ2v) is 4.40. The number of carboxylic acids is 1. The Bertz CT molecular complexity index is 415. The van der Waals surface area contributed by atoms with Crippen molar-refractivity contribution in [2.75, 3.05) is 0 Å². The number of carbonyl (C=O) groups is 1. The lowest BCUT2D eigenvalue weighted by atomic mass is 10.1. The number of rotatable bonds is 4. The van der Waals surface area contributed by atoms with Crippen molar-refractivity contribution in [1.82, 2.24) is 4.98 Å². The van der Waals surface area contributed by atoms with Crippen LogP contribution in [0.2, 0.25) is 0 Å². The molecule has 0 saturated carbocycles. The molecule has 1 rings (SSSR count). The van der Waals surface area contributed by atoms with E-state index in [1.807, 2.05) is 0 Å². The van der Waals surface area contributed by atoms with Gasteiger partial charge >= 0.3 is 5.97 Å². The molecule has 0 radical (unpaired) electrons. The van der Waals surface area contributed by atoms with Crippen LogP contribution in [0.3, 0.4) is 0 Å². The van der Waals surface area contributed by atoms with E-state index in [0.717, 1.165) is 0 Å². The van der Waals surface area contributed by atoms with Crippen LogP contribution in [0.5, 0.6) is 0 Å². The van der Waals surface area contributed by atoms with E-state index in [1.165, 1.54) is 6.07 Å². The van der Waals surface area contributed by atoms with Gasteiger partial charge in [-0.05, 0) is 34.2 Å². The Labute approximate surface area is 109 Å². The number of hydrogen-bond donors (Lipinski definition) is 1. The maximum absolute atomic E-state index is 12.5. The molecular formula is C9H7ClF2INO2. The molecule has 1 heterocycles. The predicted molar refractivity (Wildman–Crippen MR) is 62.8 cm³/mol. The van der Waals surface area contributed by atoms with Gasteiger partial charge < -0.3 is 5.11 Å². The zero-order valence-corrected chi connectivity index (χ0v) is 10.8. The largest absolute Gasteiger partial charge is 0.481 e. The van der Waals surface area contributed by atoms with Crippen molar-refractivity contribution in [2.45, 2.75) is 18.7 Å². The van der Waals surface area contributed by atoms with Crippen LogP contribution >= 0.6 is 34.2 Å². The van der Waals surface area contributed by atoms with E-state index in [9.17, 15) is 13.6 Å². The lowest BCUT2D eigenvalue weighted by Crippen LogP contribution is -2.09. The van der Waals surface area contributed by atoms with E-state index in [0.29, 0.717) is 5.56 Å². The van der Waals surface area contributed by atoms with Gasteiger partial charge in [0.15, 0.2) is 0 Å². The number of carboxylic acid groups (broad SMARTS) is 1. The number of aliphatic carboxylic acids is 1. The molecule has 0 aliphatic carbocycles. The first-order valence-corrected chi connectivity index (χ1v) is 5.81. The number of halogens is 4. The lowest BCUT2D eigenvalue weighted by Gasteiger charge is -2.09. The Kier molecular flexibility index (Phi) is 4.85. The summed E-state index contributed by atoms with van der Waals surface area (Å²) in [4.78, 5) is 14.2. The quantitative estimate of drug-likeness (QED) is 0.662. The Balaban J connectivity index is 3.22. The van der Waals surface area contributed by atoms with Crippen molar-refractivity contribution in [2.24, 2.45) is 0 Å². The molecule has 0 saturated heterocycles. The predicted octanol–water partition coefficient (Wildman–Crippen LogP) is 2.99. The summed E-state index contributed by atoms with van der Waals surface area (Å²) in [6.07, 6.45) is -3.12. The minimum absolute atomic E-state index is 0.0507. The van der Waals surface area contributed by atoms with E-state index in [4.69, 9.17) is 16.7 Å². The third kappa shape index (κ3) is 3.24. The molecule has 0 amide bonds. The summed E-state index contributed by atoms with van der Waals surface area (Å²) in [6.45, 7) is 0. The topological polar surface area (TPSA) is 50.2 Å². The Morgan fingerprint density at radius 2 is 2.25 bits per heavy atom. The zero-order valence-electron chi connectivity index (χ0n) is 7.88. The minimum atomic E-state index is -2.72. The highest BCUT2D eigenvalue weighted by Gasteiger charge is 2.18. The second-order valence-electron chi connectivity index (χ2n) is 2.97. The van der Waals surface area contributed by atoms with E-state index < -0.39 is 24.5 Å². The van der Waals surface area contributed by atoms with Crippen LogP contribution in [0.25, 0.3) is 0 Å².